The molecule has 2 N–H and O–H groups in total. The monoisotopic (exact) mass is 273 g/mol. The number of hydrogen-bond acceptors (Lipinski definition) is 5. The third-order valence-corrected chi connectivity index (χ3v) is 2.92. The molecule has 0 saturated carbocycles. The third-order valence-electron chi connectivity index (χ3n) is 2.92. The van der Waals surface area contributed by atoms with Crippen LogP contribution in [0.15, 0.2) is 24.3 Å². The lowest BCUT2D eigenvalue weighted by molar-refractivity contribution is -0.119. The summed E-state index contributed by atoms with van der Waals surface area (Å²) in [4.78, 5) is 22.4. The minimum absolute atomic E-state index is 0.0244. The van der Waals surface area contributed by atoms with E-state index in [1.807, 2.05) is 43.1 Å². The van der Waals surface area contributed by atoms with Gasteiger partial charge in [-0.15, -0.1) is 0 Å². The highest BCUT2D eigenvalue weighted by molar-refractivity contribution is 5.92. The van der Waals surface area contributed by atoms with E-state index in [4.69, 9.17) is 0 Å². The summed E-state index contributed by atoms with van der Waals surface area (Å²) in [5, 5.41) is 6.66. The molecule has 20 heavy (non-hydrogen) atoms. The zero-order chi connectivity index (χ0) is 14.5. The maximum Gasteiger partial charge on any atom is 0.239 e. The minimum atomic E-state index is -0.0244. The molecule has 0 spiro atoms. The van der Waals surface area contributed by atoms with Gasteiger partial charge >= 0.3 is 0 Å². The van der Waals surface area contributed by atoms with Gasteiger partial charge in [-0.1, -0.05) is 12.1 Å². The quantitative estimate of drug-likeness (QED) is 0.858. The van der Waals surface area contributed by atoms with Crippen molar-refractivity contribution in [1.29, 1.82) is 0 Å². The zero-order valence-electron chi connectivity index (χ0n) is 12.0. The van der Waals surface area contributed by atoms with Crippen molar-refractivity contribution in [2.24, 2.45) is 0 Å². The summed E-state index contributed by atoms with van der Waals surface area (Å²) in [6.45, 7) is 2.79. The van der Waals surface area contributed by atoms with Crippen molar-refractivity contribution in [1.82, 2.24) is 15.3 Å². The Balaban J connectivity index is 2.38. The van der Waals surface area contributed by atoms with E-state index in [1.165, 1.54) is 0 Å². The van der Waals surface area contributed by atoms with Crippen LogP contribution >= 0.6 is 0 Å². The van der Waals surface area contributed by atoms with Crippen molar-refractivity contribution in [2.45, 2.75) is 6.92 Å². The molecule has 0 aliphatic heterocycles. The van der Waals surface area contributed by atoms with Crippen molar-refractivity contribution in [3.63, 3.8) is 0 Å². The molecule has 0 saturated heterocycles. The van der Waals surface area contributed by atoms with E-state index in [0.29, 0.717) is 12.5 Å². The highest BCUT2D eigenvalue weighted by Gasteiger charge is 2.13. The summed E-state index contributed by atoms with van der Waals surface area (Å²) in [6.07, 6.45) is 0. The van der Waals surface area contributed by atoms with E-state index in [2.05, 4.69) is 20.6 Å². The number of hydrogen-bond donors (Lipinski definition) is 2. The van der Waals surface area contributed by atoms with Crippen LogP contribution in [-0.2, 0) is 4.79 Å². The summed E-state index contributed by atoms with van der Waals surface area (Å²) < 4.78 is 0. The molecular weight excluding hydrogens is 254 g/mol. The number of fused-ring (bicyclic) bond motifs is 1. The Kier molecular flexibility index (Phi) is 4.34. The van der Waals surface area contributed by atoms with E-state index >= 15 is 0 Å². The third kappa shape index (κ3) is 2.96. The Morgan fingerprint density at radius 2 is 2.05 bits per heavy atom. The van der Waals surface area contributed by atoms with Gasteiger partial charge in [0, 0.05) is 26.0 Å². The molecule has 1 aromatic carbocycles. The maximum absolute atomic E-state index is 11.7. The molecule has 0 unspecified atom stereocenters. The predicted octanol–water partition coefficient (Wildman–Crippen LogP) is 1.24. The number of benzene rings is 1. The van der Waals surface area contributed by atoms with Gasteiger partial charge in [0.15, 0.2) is 0 Å². The molecule has 1 heterocycles. The summed E-state index contributed by atoms with van der Waals surface area (Å²) in [5.74, 6) is 1.26. The molecule has 0 bridgehead atoms. The van der Waals surface area contributed by atoms with Crippen molar-refractivity contribution in [3.05, 3.63) is 24.3 Å². The van der Waals surface area contributed by atoms with Crippen LogP contribution < -0.4 is 15.5 Å². The maximum atomic E-state index is 11.7. The molecule has 6 nitrogen and oxygen atoms in total. The zero-order valence-corrected chi connectivity index (χ0v) is 12.0. The molecule has 6 heteroatoms. The molecule has 2 aromatic rings. The molecule has 1 amide bonds. The van der Waals surface area contributed by atoms with Crippen LogP contribution in [0, 0.1) is 0 Å². The number of carbonyl (C=O) groups is 1. The Bertz CT molecular complexity index is 614. The van der Waals surface area contributed by atoms with Gasteiger partial charge < -0.3 is 15.5 Å². The molecule has 0 radical (unpaired) electrons. The summed E-state index contributed by atoms with van der Waals surface area (Å²) in [7, 11) is 3.63. The van der Waals surface area contributed by atoms with Crippen LogP contribution in [0.3, 0.4) is 0 Å². The topological polar surface area (TPSA) is 70.2 Å². The second kappa shape index (κ2) is 6.18. The molecule has 2 rings (SSSR count). The fourth-order valence-electron chi connectivity index (χ4n) is 2.01. The SMILES string of the molecule is CCNC(=O)CN(C)c1nc(NC)nc2ccccc12. The Morgan fingerprint density at radius 3 is 2.75 bits per heavy atom. The summed E-state index contributed by atoms with van der Waals surface area (Å²) in [5.41, 5.74) is 0.851. The molecule has 0 atom stereocenters. The van der Waals surface area contributed by atoms with Crippen LogP contribution in [-0.4, -0.2) is 43.1 Å². The van der Waals surface area contributed by atoms with Crippen LogP contribution in [0.1, 0.15) is 6.92 Å². The number of nitrogens with zero attached hydrogens (tertiary/aromatic N) is 3. The fraction of sp³-hybridized carbons (Fsp3) is 0.357. The number of carbonyl (C=O) groups excluding carboxylic acids is 1. The van der Waals surface area contributed by atoms with Crippen LogP contribution in [0.5, 0.6) is 0 Å². The van der Waals surface area contributed by atoms with E-state index in [0.717, 1.165) is 16.7 Å². The van der Waals surface area contributed by atoms with Crippen LogP contribution in [0.2, 0.25) is 0 Å². The van der Waals surface area contributed by atoms with E-state index < -0.39 is 0 Å². The normalized spacial score (nSPS) is 10.3. The van der Waals surface area contributed by atoms with Crippen molar-refractivity contribution < 1.29 is 4.79 Å². The first-order valence-electron chi connectivity index (χ1n) is 6.58. The van der Waals surface area contributed by atoms with Gasteiger partial charge in [-0.05, 0) is 19.1 Å². The van der Waals surface area contributed by atoms with Crippen LogP contribution in [0.25, 0.3) is 10.9 Å². The standard InChI is InChI=1S/C14H19N5O/c1-4-16-12(20)9-19(3)13-10-7-5-6-8-11(10)17-14(15-2)18-13/h5-8H,4,9H2,1-3H3,(H,16,20)(H,15,17,18). The fourth-order valence-corrected chi connectivity index (χ4v) is 2.01. The number of amides is 1. The lowest BCUT2D eigenvalue weighted by Gasteiger charge is -2.19. The Labute approximate surface area is 118 Å². The Hall–Kier alpha value is -2.37. The average molecular weight is 273 g/mol. The van der Waals surface area contributed by atoms with Crippen molar-refractivity contribution >= 4 is 28.6 Å². The van der Waals surface area contributed by atoms with Crippen molar-refractivity contribution in [3.8, 4) is 0 Å². The Morgan fingerprint density at radius 1 is 1.30 bits per heavy atom. The molecule has 0 aliphatic carbocycles. The second-order valence-electron chi connectivity index (χ2n) is 4.45. The largest absolute Gasteiger partial charge is 0.357 e. The second-order valence-corrected chi connectivity index (χ2v) is 4.45. The highest BCUT2D eigenvalue weighted by atomic mass is 16.2. The number of nitrogens with one attached hydrogen (secondary N) is 2. The predicted molar refractivity (Wildman–Crippen MR) is 81.0 cm³/mol. The van der Waals surface area contributed by atoms with Gasteiger partial charge in [0.1, 0.15) is 5.82 Å². The molecule has 1 aromatic heterocycles. The van der Waals surface area contributed by atoms with E-state index in [1.54, 1.807) is 7.05 Å². The van der Waals surface area contributed by atoms with E-state index in [9.17, 15) is 4.79 Å². The number of rotatable bonds is 5. The van der Waals surface area contributed by atoms with E-state index in [-0.39, 0.29) is 12.5 Å². The first-order valence-corrected chi connectivity index (χ1v) is 6.58. The van der Waals surface area contributed by atoms with Gasteiger partial charge in [-0.2, -0.15) is 4.98 Å². The highest BCUT2D eigenvalue weighted by Crippen LogP contribution is 2.24. The number of anilines is 2. The number of aromatic nitrogens is 2. The molecule has 106 valence electrons. The van der Waals surface area contributed by atoms with Gasteiger partial charge in [0.05, 0.1) is 12.1 Å². The van der Waals surface area contributed by atoms with Gasteiger partial charge in [-0.25, -0.2) is 4.98 Å². The van der Waals surface area contributed by atoms with Crippen LogP contribution in [0.4, 0.5) is 11.8 Å². The number of para-hydroxylation sites is 1. The first-order chi connectivity index (χ1) is 9.65. The minimum Gasteiger partial charge on any atom is -0.357 e. The smallest absolute Gasteiger partial charge is 0.239 e. The lowest BCUT2D eigenvalue weighted by atomic mass is 10.2. The van der Waals surface area contributed by atoms with Crippen molar-refractivity contribution in [2.75, 3.05) is 37.4 Å². The molecule has 0 aliphatic rings. The summed E-state index contributed by atoms with van der Waals surface area (Å²) >= 11 is 0. The lowest BCUT2D eigenvalue weighted by Crippen LogP contribution is -2.35. The average Bonchev–Trinajstić information content (AvgIpc) is 2.46. The number of likely N-dealkylation sites (N-methyl/N-ethyl adjacent to an activating group) is 2. The summed E-state index contributed by atoms with van der Waals surface area (Å²) in [6, 6.07) is 7.76. The first kappa shape index (κ1) is 14.0. The van der Waals surface area contributed by atoms with Gasteiger partial charge in [0.25, 0.3) is 0 Å². The molecular formula is C14H19N5O. The van der Waals surface area contributed by atoms with Gasteiger partial charge in [-0.3, -0.25) is 4.79 Å². The van der Waals surface area contributed by atoms with Gasteiger partial charge in [0.2, 0.25) is 11.9 Å². The molecule has 0 fully saturated rings.